The maximum Gasteiger partial charge on any atom is 0.237 e. The van der Waals surface area contributed by atoms with E-state index in [-0.39, 0.29) is 5.91 Å². The zero-order valence-corrected chi connectivity index (χ0v) is 19.7. The van der Waals surface area contributed by atoms with Gasteiger partial charge in [-0.2, -0.15) is 0 Å². The third-order valence-electron chi connectivity index (χ3n) is 5.96. The number of hydrogen-bond donors (Lipinski definition) is 2. The molecule has 30 heavy (non-hydrogen) atoms. The van der Waals surface area contributed by atoms with Crippen LogP contribution in [0.15, 0.2) is 30.3 Å². The summed E-state index contributed by atoms with van der Waals surface area (Å²) in [6.45, 7) is 3.03. The van der Waals surface area contributed by atoms with E-state index in [1.807, 2.05) is 30.3 Å². The zero-order valence-electron chi connectivity index (χ0n) is 19.7. The monoisotopic (exact) mass is 416 g/mol. The van der Waals surface area contributed by atoms with Gasteiger partial charge in [-0.3, -0.25) is 4.79 Å². The van der Waals surface area contributed by atoms with Gasteiger partial charge in [0.25, 0.3) is 0 Å². The fourth-order valence-electron chi connectivity index (χ4n) is 3.98. The van der Waals surface area contributed by atoms with Crippen molar-refractivity contribution in [1.82, 2.24) is 5.32 Å². The quantitative estimate of drug-likeness (QED) is 0.226. The molecule has 0 heterocycles. The normalized spacial score (nSPS) is 12.1. The van der Waals surface area contributed by atoms with Crippen LogP contribution in [0.25, 0.3) is 0 Å². The molecule has 3 heteroatoms. The van der Waals surface area contributed by atoms with E-state index in [9.17, 15) is 4.79 Å². The molecule has 1 aromatic carbocycles. The molecule has 1 amide bonds. The molecule has 0 aliphatic carbocycles. The van der Waals surface area contributed by atoms with E-state index < -0.39 is 6.04 Å². The SMILES string of the molecule is CCCCCCCCCCCCCCCCCCNC(=O)C(N)Cc1ccccc1. The second-order valence-electron chi connectivity index (χ2n) is 8.89. The number of nitrogens with one attached hydrogen (secondary N) is 1. The van der Waals surface area contributed by atoms with Gasteiger partial charge in [-0.15, -0.1) is 0 Å². The van der Waals surface area contributed by atoms with Crippen molar-refractivity contribution in [2.75, 3.05) is 6.54 Å². The smallest absolute Gasteiger partial charge is 0.237 e. The summed E-state index contributed by atoms with van der Waals surface area (Å²) in [6.07, 6.45) is 22.5. The summed E-state index contributed by atoms with van der Waals surface area (Å²) in [5.41, 5.74) is 7.12. The van der Waals surface area contributed by atoms with Crippen LogP contribution in [0.4, 0.5) is 0 Å². The van der Waals surface area contributed by atoms with Crippen LogP contribution in [0.3, 0.4) is 0 Å². The van der Waals surface area contributed by atoms with E-state index in [4.69, 9.17) is 5.73 Å². The van der Waals surface area contributed by atoms with E-state index in [1.165, 1.54) is 96.3 Å². The molecule has 172 valence electrons. The Morgan fingerprint density at radius 3 is 1.63 bits per heavy atom. The Hall–Kier alpha value is -1.35. The second-order valence-corrected chi connectivity index (χ2v) is 8.89. The van der Waals surface area contributed by atoms with Crippen LogP contribution >= 0.6 is 0 Å². The van der Waals surface area contributed by atoms with Gasteiger partial charge < -0.3 is 11.1 Å². The molecule has 3 N–H and O–H groups in total. The minimum absolute atomic E-state index is 0.0280. The first-order valence-electron chi connectivity index (χ1n) is 12.8. The number of rotatable bonds is 20. The van der Waals surface area contributed by atoms with Crippen LogP contribution in [-0.4, -0.2) is 18.5 Å². The summed E-state index contributed by atoms with van der Waals surface area (Å²) in [4.78, 5) is 12.1. The van der Waals surface area contributed by atoms with E-state index >= 15 is 0 Å². The number of hydrogen-bond acceptors (Lipinski definition) is 2. The summed E-state index contributed by atoms with van der Waals surface area (Å²) in [5, 5.41) is 2.99. The van der Waals surface area contributed by atoms with Gasteiger partial charge in [0.15, 0.2) is 0 Å². The summed E-state index contributed by atoms with van der Waals surface area (Å²) >= 11 is 0. The fraction of sp³-hybridized carbons (Fsp3) is 0.741. The van der Waals surface area contributed by atoms with Crippen LogP contribution in [0, 0.1) is 0 Å². The number of carbonyl (C=O) groups excluding carboxylic acids is 1. The molecule has 0 saturated heterocycles. The first kappa shape index (κ1) is 26.7. The third kappa shape index (κ3) is 15.5. The number of amides is 1. The van der Waals surface area contributed by atoms with Crippen LogP contribution in [0.1, 0.15) is 115 Å². The molecule has 0 aromatic heterocycles. The molecule has 1 rings (SSSR count). The number of benzene rings is 1. The highest BCUT2D eigenvalue weighted by Gasteiger charge is 2.12. The van der Waals surface area contributed by atoms with Gasteiger partial charge in [0.05, 0.1) is 6.04 Å². The lowest BCUT2D eigenvalue weighted by molar-refractivity contribution is -0.122. The summed E-state index contributed by atoms with van der Waals surface area (Å²) in [5.74, 6) is -0.0280. The number of nitrogens with two attached hydrogens (primary N) is 1. The molecule has 0 bridgehead atoms. The van der Waals surface area contributed by atoms with Crippen molar-refractivity contribution in [3.63, 3.8) is 0 Å². The van der Waals surface area contributed by atoms with E-state index in [0.29, 0.717) is 6.42 Å². The average molecular weight is 417 g/mol. The van der Waals surface area contributed by atoms with Crippen molar-refractivity contribution < 1.29 is 4.79 Å². The predicted octanol–water partition coefficient (Wildman–Crippen LogP) is 6.93. The maximum absolute atomic E-state index is 12.1. The average Bonchev–Trinajstić information content (AvgIpc) is 2.76. The summed E-state index contributed by atoms with van der Waals surface area (Å²) in [6, 6.07) is 9.53. The van der Waals surface area contributed by atoms with Crippen molar-refractivity contribution in [2.45, 2.75) is 122 Å². The Kier molecular flexibility index (Phi) is 17.4. The highest BCUT2D eigenvalue weighted by Crippen LogP contribution is 2.13. The Balaban J connectivity index is 1.80. The lowest BCUT2D eigenvalue weighted by atomic mass is 10.0. The second kappa shape index (κ2) is 19.6. The van der Waals surface area contributed by atoms with Crippen LogP contribution in [0.2, 0.25) is 0 Å². The minimum atomic E-state index is -0.451. The summed E-state index contributed by atoms with van der Waals surface area (Å²) in [7, 11) is 0. The first-order chi connectivity index (χ1) is 14.7. The first-order valence-corrected chi connectivity index (χ1v) is 12.8. The van der Waals surface area contributed by atoms with Crippen LogP contribution in [-0.2, 0) is 11.2 Å². The standard InChI is InChI=1S/C27H48N2O/c1-2-3-4-5-6-7-8-9-10-11-12-13-14-15-16-20-23-29-27(30)26(28)24-25-21-18-17-19-22-25/h17-19,21-22,26H,2-16,20,23-24,28H2,1H3,(H,29,30). The van der Waals surface area contributed by atoms with Gasteiger partial charge in [-0.1, -0.05) is 134 Å². The molecule has 1 atom stereocenters. The summed E-state index contributed by atoms with van der Waals surface area (Å²) < 4.78 is 0. The zero-order chi connectivity index (χ0) is 21.7. The molecule has 0 radical (unpaired) electrons. The lowest BCUT2D eigenvalue weighted by Gasteiger charge is -2.12. The molecule has 0 aliphatic heterocycles. The number of unbranched alkanes of at least 4 members (excludes halogenated alkanes) is 15. The van der Waals surface area contributed by atoms with Gasteiger partial charge in [0.1, 0.15) is 0 Å². The Morgan fingerprint density at radius 2 is 1.17 bits per heavy atom. The van der Waals surface area contributed by atoms with Gasteiger partial charge in [0, 0.05) is 6.54 Å². The Morgan fingerprint density at radius 1 is 0.733 bits per heavy atom. The van der Waals surface area contributed by atoms with Crippen LogP contribution in [0.5, 0.6) is 0 Å². The molecule has 0 aliphatic rings. The molecule has 1 unspecified atom stereocenters. The third-order valence-corrected chi connectivity index (χ3v) is 5.96. The predicted molar refractivity (Wildman–Crippen MR) is 131 cm³/mol. The molecular formula is C27H48N2O. The van der Waals surface area contributed by atoms with Gasteiger partial charge in [-0.05, 0) is 18.4 Å². The molecule has 0 saturated carbocycles. The maximum atomic E-state index is 12.1. The van der Waals surface area contributed by atoms with E-state index in [0.717, 1.165) is 18.5 Å². The van der Waals surface area contributed by atoms with E-state index in [1.54, 1.807) is 0 Å². The van der Waals surface area contributed by atoms with Gasteiger partial charge in [0.2, 0.25) is 5.91 Å². The lowest BCUT2D eigenvalue weighted by Crippen LogP contribution is -2.42. The van der Waals surface area contributed by atoms with Crippen molar-refractivity contribution >= 4 is 5.91 Å². The minimum Gasteiger partial charge on any atom is -0.355 e. The van der Waals surface area contributed by atoms with Crippen LogP contribution < -0.4 is 11.1 Å². The number of carbonyl (C=O) groups is 1. The Labute approximate surface area is 186 Å². The van der Waals surface area contributed by atoms with Crippen molar-refractivity contribution in [1.29, 1.82) is 0 Å². The largest absolute Gasteiger partial charge is 0.355 e. The molecular weight excluding hydrogens is 368 g/mol. The highest BCUT2D eigenvalue weighted by atomic mass is 16.2. The molecule has 0 fully saturated rings. The van der Waals surface area contributed by atoms with Crippen molar-refractivity contribution in [2.24, 2.45) is 5.73 Å². The highest BCUT2D eigenvalue weighted by molar-refractivity contribution is 5.81. The topological polar surface area (TPSA) is 55.1 Å². The van der Waals surface area contributed by atoms with Gasteiger partial charge in [-0.25, -0.2) is 0 Å². The van der Waals surface area contributed by atoms with Crippen molar-refractivity contribution in [3.8, 4) is 0 Å². The van der Waals surface area contributed by atoms with E-state index in [2.05, 4.69) is 12.2 Å². The fourth-order valence-corrected chi connectivity index (χ4v) is 3.98. The molecule has 3 nitrogen and oxygen atoms in total. The Bertz CT molecular complexity index is 503. The molecule has 1 aromatic rings. The molecule has 0 spiro atoms. The van der Waals surface area contributed by atoms with Gasteiger partial charge >= 0.3 is 0 Å². The van der Waals surface area contributed by atoms with Crippen molar-refractivity contribution in [3.05, 3.63) is 35.9 Å².